The lowest BCUT2D eigenvalue weighted by Crippen LogP contribution is -2.23. The van der Waals surface area contributed by atoms with Gasteiger partial charge in [0.05, 0.1) is 4.53 Å². The van der Waals surface area contributed by atoms with E-state index in [9.17, 15) is 4.79 Å². The van der Waals surface area contributed by atoms with E-state index in [-0.39, 0.29) is 11.0 Å². The van der Waals surface area contributed by atoms with Crippen LogP contribution in [-0.4, -0.2) is 14.6 Å². The molecule has 0 fully saturated rings. The number of nitrogens with zero attached hydrogens (tertiary/aromatic N) is 3. The minimum Gasteiger partial charge on any atom is -0.266 e. The molecule has 0 unspecified atom stereocenters. The van der Waals surface area contributed by atoms with Crippen LogP contribution in [0.5, 0.6) is 0 Å². The topological polar surface area (TPSA) is 47.3 Å². The molecule has 4 aromatic rings. The minimum absolute atomic E-state index is 0.113. The van der Waals surface area contributed by atoms with E-state index in [1.165, 1.54) is 27.0 Å². The van der Waals surface area contributed by atoms with E-state index in [1.54, 1.807) is 0 Å². The van der Waals surface area contributed by atoms with Gasteiger partial charge in [-0.1, -0.05) is 86.2 Å². The van der Waals surface area contributed by atoms with Crippen molar-refractivity contribution in [2.24, 2.45) is 0 Å². The summed E-state index contributed by atoms with van der Waals surface area (Å²) in [6.07, 6.45) is 1.90. The molecule has 0 aliphatic heterocycles. The van der Waals surface area contributed by atoms with Crippen molar-refractivity contribution in [1.82, 2.24) is 14.6 Å². The van der Waals surface area contributed by atoms with Gasteiger partial charge in [0.25, 0.3) is 5.56 Å². The Morgan fingerprint density at radius 2 is 1.67 bits per heavy atom. The molecule has 0 atom stereocenters. The lowest BCUT2D eigenvalue weighted by molar-refractivity contribution is 0.590. The van der Waals surface area contributed by atoms with Gasteiger partial charge in [-0.25, -0.2) is 0 Å². The first kappa shape index (κ1) is 17.6. The molecular formula is C22H21N3OS. The molecule has 2 aromatic heterocycles. The van der Waals surface area contributed by atoms with Crippen LogP contribution < -0.4 is 10.1 Å². The normalized spacial score (nSPS) is 12.8. The highest BCUT2D eigenvalue weighted by Crippen LogP contribution is 2.22. The number of benzene rings is 2. The third-order valence-electron chi connectivity index (χ3n) is 4.57. The summed E-state index contributed by atoms with van der Waals surface area (Å²) in [7, 11) is 0. The molecule has 0 bridgehead atoms. The summed E-state index contributed by atoms with van der Waals surface area (Å²) in [4.78, 5) is 17.8. The molecule has 0 radical (unpaired) electrons. The lowest BCUT2D eigenvalue weighted by atomic mass is 9.87. The molecule has 0 spiro atoms. The molecule has 4 rings (SSSR count). The molecule has 136 valence electrons. The lowest BCUT2D eigenvalue weighted by Gasteiger charge is -2.18. The van der Waals surface area contributed by atoms with Crippen molar-refractivity contribution < 1.29 is 0 Å². The SMILES string of the molecule is Cc1ccc(-c2nc3sc(=Cc4ccc(C(C)(C)C)cc4)c(=O)n3n2)cc1. The Labute approximate surface area is 161 Å². The summed E-state index contributed by atoms with van der Waals surface area (Å²) in [6.45, 7) is 8.60. The van der Waals surface area contributed by atoms with Gasteiger partial charge in [0.2, 0.25) is 4.96 Å². The zero-order chi connectivity index (χ0) is 19.2. The van der Waals surface area contributed by atoms with E-state index in [0.29, 0.717) is 15.3 Å². The van der Waals surface area contributed by atoms with Gasteiger partial charge in [-0.05, 0) is 29.5 Å². The Kier molecular flexibility index (Phi) is 4.19. The van der Waals surface area contributed by atoms with Gasteiger partial charge in [-0.2, -0.15) is 9.50 Å². The average Bonchev–Trinajstić information content (AvgIpc) is 3.15. The molecule has 0 N–H and O–H groups in total. The predicted molar refractivity (Wildman–Crippen MR) is 111 cm³/mol. The number of rotatable bonds is 2. The van der Waals surface area contributed by atoms with Crippen LogP contribution >= 0.6 is 11.3 Å². The molecule has 27 heavy (non-hydrogen) atoms. The summed E-state index contributed by atoms with van der Waals surface area (Å²) < 4.78 is 2.04. The van der Waals surface area contributed by atoms with Gasteiger partial charge >= 0.3 is 0 Å². The fourth-order valence-electron chi connectivity index (χ4n) is 2.89. The minimum atomic E-state index is -0.124. The highest BCUT2D eigenvalue weighted by Gasteiger charge is 2.14. The standard InChI is InChI=1S/C22H21N3OS/c1-14-5-9-16(10-6-14)19-23-21-25(24-19)20(26)18(27-21)13-15-7-11-17(12-8-15)22(2,3)4/h5-13H,1-4H3. The predicted octanol–water partition coefficient (Wildman–Crippen LogP) is 3.97. The highest BCUT2D eigenvalue weighted by molar-refractivity contribution is 7.15. The first-order valence-electron chi connectivity index (χ1n) is 8.90. The monoisotopic (exact) mass is 375 g/mol. The van der Waals surface area contributed by atoms with Gasteiger partial charge in [0.15, 0.2) is 5.82 Å². The van der Waals surface area contributed by atoms with Crippen molar-refractivity contribution >= 4 is 22.4 Å². The molecule has 0 aliphatic rings. The second kappa shape index (κ2) is 6.43. The molecule has 2 aromatic carbocycles. The molecule has 2 heterocycles. The molecule has 4 nitrogen and oxygen atoms in total. The first-order chi connectivity index (χ1) is 12.8. The number of thiazole rings is 1. The van der Waals surface area contributed by atoms with Crippen molar-refractivity contribution in [2.75, 3.05) is 0 Å². The molecule has 0 aliphatic carbocycles. The van der Waals surface area contributed by atoms with Gasteiger partial charge in [0, 0.05) is 5.56 Å². The number of hydrogen-bond acceptors (Lipinski definition) is 4. The van der Waals surface area contributed by atoms with E-state index in [0.717, 1.165) is 11.1 Å². The van der Waals surface area contributed by atoms with Crippen molar-refractivity contribution in [2.45, 2.75) is 33.1 Å². The Morgan fingerprint density at radius 1 is 1.00 bits per heavy atom. The Balaban J connectivity index is 1.72. The van der Waals surface area contributed by atoms with Gasteiger partial charge in [-0.15, -0.1) is 5.10 Å². The van der Waals surface area contributed by atoms with Crippen LogP contribution in [0.3, 0.4) is 0 Å². The van der Waals surface area contributed by atoms with Crippen LogP contribution in [0.1, 0.15) is 37.5 Å². The largest absolute Gasteiger partial charge is 0.291 e. The summed E-state index contributed by atoms with van der Waals surface area (Å²) in [6, 6.07) is 16.3. The van der Waals surface area contributed by atoms with Crippen LogP contribution in [-0.2, 0) is 5.41 Å². The van der Waals surface area contributed by atoms with Crippen LogP contribution in [0, 0.1) is 6.92 Å². The molecule has 0 saturated carbocycles. The Morgan fingerprint density at radius 3 is 2.26 bits per heavy atom. The van der Waals surface area contributed by atoms with E-state index >= 15 is 0 Å². The summed E-state index contributed by atoms with van der Waals surface area (Å²) >= 11 is 1.37. The Hall–Kier alpha value is -2.79. The maximum atomic E-state index is 12.7. The van der Waals surface area contributed by atoms with Gasteiger partial charge in [-0.3, -0.25) is 4.79 Å². The maximum Gasteiger partial charge on any atom is 0.291 e. The molecular weight excluding hydrogens is 354 g/mol. The fourth-order valence-corrected chi connectivity index (χ4v) is 3.80. The summed E-state index contributed by atoms with van der Waals surface area (Å²) in [5, 5.41) is 4.40. The molecule has 0 amide bonds. The Bertz CT molecular complexity index is 1210. The third-order valence-corrected chi connectivity index (χ3v) is 5.53. The third kappa shape index (κ3) is 3.43. The smallest absolute Gasteiger partial charge is 0.266 e. The van der Waals surface area contributed by atoms with Gasteiger partial charge < -0.3 is 0 Å². The van der Waals surface area contributed by atoms with E-state index < -0.39 is 0 Å². The number of aryl methyl sites for hydroxylation is 1. The van der Waals surface area contributed by atoms with Gasteiger partial charge in [0.1, 0.15) is 0 Å². The quantitative estimate of drug-likeness (QED) is 0.533. The average molecular weight is 375 g/mol. The molecule has 5 heteroatoms. The fraction of sp³-hybridized carbons (Fsp3) is 0.227. The van der Waals surface area contributed by atoms with E-state index in [2.05, 4.69) is 43.0 Å². The number of hydrogen-bond donors (Lipinski definition) is 0. The van der Waals surface area contributed by atoms with Crippen LogP contribution in [0.15, 0.2) is 53.3 Å². The first-order valence-corrected chi connectivity index (χ1v) is 9.72. The number of fused-ring (bicyclic) bond motifs is 1. The van der Waals surface area contributed by atoms with Crippen LogP contribution in [0.2, 0.25) is 0 Å². The van der Waals surface area contributed by atoms with Crippen LogP contribution in [0.25, 0.3) is 22.4 Å². The second-order valence-corrected chi connectivity index (χ2v) is 8.79. The van der Waals surface area contributed by atoms with Crippen molar-refractivity contribution in [3.8, 4) is 11.4 Å². The maximum absolute atomic E-state index is 12.7. The zero-order valence-electron chi connectivity index (χ0n) is 15.9. The van der Waals surface area contributed by atoms with Crippen molar-refractivity contribution in [3.05, 3.63) is 80.1 Å². The highest BCUT2D eigenvalue weighted by atomic mass is 32.1. The van der Waals surface area contributed by atoms with Crippen LogP contribution in [0.4, 0.5) is 0 Å². The molecule has 0 saturated heterocycles. The summed E-state index contributed by atoms with van der Waals surface area (Å²) in [5.41, 5.74) is 4.36. The van der Waals surface area contributed by atoms with E-state index in [1.807, 2.05) is 49.4 Å². The zero-order valence-corrected chi connectivity index (χ0v) is 16.7. The van der Waals surface area contributed by atoms with Crippen molar-refractivity contribution in [1.29, 1.82) is 0 Å². The second-order valence-electron chi connectivity index (χ2n) is 7.78. The van der Waals surface area contributed by atoms with E-state index in [4.69, 9.17) is 0 Å². The van der Waals surface area contributed by atoms with Crippen molar-refractivity contribution in [3.63, 3.8) is 0 Å². The summed E-state index contributed by atoms with van der Waals surface area (Å²) in [5.74, 6) is 0.583. The number of aromatic nitrogens is 3.